The van der Waals surface area contributed by atoms with E-state index in [4.69, 9.17) is 5.73 Å². The highest BCUT2D eigenvalue weighted by atomic mass is 16.2. The SMILES string of the molecule is CN(CC(N)=O)C(=O)CC1(Cc2ccccc2)C(=O)N(C)c2ccccc21. The van der Waals surface area contributed by atoms with Gasteiger partial charge in [0.15, 0.2) is 0 Å². The zero-order valence-electron chi connectivity index (χ0n) is 15.5. The molecule has 0 saturated carbocycles. The van der Waals surface area contributed by atoms with Gasteiger partial charge in [0.05, 0.1) is 12.0 Å². The van der Waals surface area contributed by atoms with E-state index < -0.39 is 11.3 Å². The molecule has 1 aliphatic heterocycles. The first-order valence-electron chi connectivity index (χ1n) is 8.79. The van der Waals surface area contributed by atoms with Gasteiger partial charge in [-0.3, -0.25) is 14.4 Å². The molecular formula is C21H23N3O3. The molecule has 0 aliphatic carbocycles. The van der Waals surface area contributed by atoms with Gasteiger partial charge in [0, 0.05) is 26.2 Å². The number of rotatable bonds is 6. The van der Waals surface area contributed by atoms with E-state index in [1.165, 1.54) is 11.9 Å². The Morgan fingerprint density at radius 1 is 1.07 bits per heavy atom. The van der Waals surface area contributed by atoms with Crippen LogP contribution < -0.4 is 10.6 Å². The monoisotopic (exact) mass is 365 g/mol. The minimum atomic E-state index is -1.00. The van der Waals surface area contributed by atoms with E-state index >= 15 is 0 Å². The van der Waals surface area contributed by atoms with Crippen LogP contribution in [0.1, 0.15) is 17.5 Å². The van der Waals surface area contributed by atoms with E-state index in [1.54, 1.807) is 11.9 Å². The van der Waals surface area contributed by atoms with Crippen molar-refractivity contribution in [3.8, 4) is 0 Å². The molecule has 27 heavy (non-hydrogen) atoms. The van der Waals surface area contributed by atoms with E-state index in [2.05, 4.69) is 0 Å². The van der Waals surface area contributed by atoms with E-state index in [1.807, 2.05) is 54.6 Å². The number of hydrogen-bond donors (Lipinski definition) is 1. The third-order valence-electron chi connectivity index (χ3n) is 5.12. The molecule has 2 N–H and O–H groups in total. The molecule has 0 spiro atoms. The zero-order valence-corrected chi connectivity index (χ0v) is 15.5. The summed E-state index contributed by atoms with van der Waals surface area (Å²) in [6.45, 7) is -0.175. The molecule has 3 rings (SSSR count). The van der Waals surface area contributed by atoms with E-state index in [0.29, 0.717) is 6.42 Å². The highest BCUT2D eigenvalue weighted by molar-refractivity contribution is 6.10. The van der Waals surface area contributed by atoms with Gasteiger partial charge in [-0.25, -0.2) is 0 Å². The van der Waals surface area contributed by atoms with Gasteiger partial charge in [0.1, 0.15) is 0 Å². The Hall–Kier alpha value is -3.15. The molecule has 0 fully saturated rings. The first-order valence-corrected chi connectivity index (χ1v) is 8.79. The minimum Gasteiger partial charge on any atom is -0.368 e. The van der Waals surface area contributed by atoms with E-state index in [0.717, 1.165) is 16.8 Å². The molecule has 1 unspecified atom stereocenters. The van der Waals surface area contributed by atoms with Crippen molar-refractivity contribution in [2.75, 3.05) is 25.5 Å². The smallest absolute Gasteiger partial charge is 0.238 e. The average Bonchev–Trinajstić information content (AvgIpc) is 2.85. The van der Waals surface area contributed by atoms with Crippen LogP contribution in [-0.4, -0.2) is 43.3 Å². The Bertz CT molecular complexity index is 881. The first-order chi connectivity index (χ1) is 12.8. The number of likely N-dealkylation sites (N-methyl/N-ethyl adjacent to an activating group) is 2. The van der Waals surface area contributed by atoms with Crippen LogP contribution in [0.3, 0.4) is 0 Å². The number of carbonyl (C=O) groups excluding carboxylic acids is 3. The van der Waals surface area contributed by atoms with Crippen LogP contribution >= 0.6 is 0 Å². The lowest BCUT2D eigenvalue weighted by Gasteiger charge is -2.30. The van der Waals surface area contributed by atoms with Crippen LogP contribution in [0.5, 0.6) is 0 Å². The van der Waals surface area contributed by atoms with Crippen molar-refractivity contribution in [2.24, 2.45) is 5.73 Å². The molecule has 2 aromatic carbocycles. The van der Waals surface area contributed by atoms with Gasteiger partial charge < -0.3 is 15.5 Å². The summed E-state index contributed by atoms with van der Waals surface area (Å²) in [6, 6.07) is 17.2. The Labute approximate surface area is 158 Å². The number of fused-ring (bicyclic) bond motifs is 1. The highest BCUT2D eigenvalue weighted by Crippen LogP contribution is 2.45. The summed E-state index contributed by atoms with van der Waals surface area (Å²) < 4.78 is 0. The van der Waals surface area contributed by atoms with Crippen LogP contribution in [0, 0.1) is 0 Å². The second kappa shape index (κ2) is 7.23. The Balaban J connectivity index is 2.04. The van der Waals surface area contributed by atoms with Crippen molar-refractivity contribution >= 4 is 23.4 Å². The van der Waals surface area contributed by atoms with Gasteiger partial charge in [-0.2, -0.15) is 0 Å². The van der Waals surface area contributed by atoms with Crippen molar-refractivity contribution in [3.05, 3.63) is 65.7 Å². The average molecular weight is 365 g/mol. The fourth-order valence-corrected chi connectivity index (χ4v) is 3.78. The quantitative estimate of drug-likeness (QED) is 0.841. The largest absolute Gasteiger partial charge is 0.368 e. The molecule has 1 aliphatic rings. The van der Waals surface area contributed by atoms with Crippen molar-refractivity contribution in [1.29, 1.82) is 0 Å². The Morgan fingerprint density at radius 3 is 2.37 bits per heavy atom. The number of para-hydroxylation sites is 1. The van der Waals surface area contributed by atoms with Gasteiger partial charge in [0.25, 0.3) is 0 Å². The fourth-order valence-electron chi connectivity index (χ4n) is 3.78. The predicted molar refractivity (Wildman–Crippen MR) is 103 cm³/mol. The number of nitrogens with two attached hydrogens (primary N) is 1. The summed E-state index contributed by atoms with van der Waals surface area (Å²) in [7, 11) is 3.25. The second-order valence-corrected chi connectivity index (χ2v) is 7.02. The Morgan fingerprint density at radius 2 is 1.70 bits per heavy atom. The summed E-state index contributed by atoms with van der Waals surface area (Å²) in [5, 5.41) is 0. The third-order valence-corrected chi connectivity index (χ3v) is 5.12. The van der Waals surface area contributed by atoms with Gasteiger partial charge >= 0.3 is 0 Å². The number of benzene rings is 2. The number of anilines is 1. The molecule has 1 atom stereocenters. The molecule has 6 heteroatoms. The maximum Gasteiger partial charge on any atom is 0.238 e. The molecule has 0 aromatic heterocycles. The van der Waals surface area contributed by atoms with Crippen LogP contribution in [0.15, 0.2) is 54.6 Å². The molecular weight excluding hydrogens is 342 g/mol. The molecule has 3 amide bonds. The van der Waals surface area contributed by atoms with Crippen LogP contribution in [0.25, 0.3) is 0 Å². The van der Waals surface area contributed by atoms with E-state index in [-0.39, 0.29) is 24.8 Å². The summed E-state index contributed by atoms with van der Waals surface area (Å²) in [6.07, 6.45) is 0.385. The third kappa shape index (κ3) is 3.43. The zero-order chi connectivity index (χ0) is 19.6. The lowest BCUT2D eigenvalue weighted by molar-refractivity contribution is -0.137. The van der Waals surface area contributed by atoms with Crippen LogP contribution in [-0.2, 0) is 26.2 Å². The molecule has 140 valence electrons. The molecule has 0 saturated heterocycles. The summed E-state index contributed by atoms with van der Waals surface area (Å²) in [5.41, 5.74) is 6.83. The minimum absolute atomic E-state index is 0.0220. The van der Waals surface area contributed by atoms with Gasteiger partial charge in [0.2, 0.25) is 17.7 Å². The molecule has 0 radical (unpaired) electrons. The summed E-state index contributed by atoms with van der Waals surface area (Å²) in [5.74, 6) is -0.991. The van der Waals surface area contributed by atoms with Crippen molar-refractivity contribution in [2.45, 2.75) is 18.3 Å². The van der Waals surface area contributed by atoms with Gasteiger partial charge in [-0.1, -0.05) is 48.5 Å². The van der Waals surface area contributed by atoms with Crippen molar-refractivity contribution < 1.29 is 14.4 Å². The van der Waals surface area contributed by atoms with Crippen LogP contribution in [0.4, 0.5) is 5.69 Å². The Kier molecular flexibility index (Phi) is 4.99. The maximum absolute atomic E-state index is 13.3. The standard InChI is InChI=1S/C21H23N3O3/c1-23(14-18(22)25)19(26)13-21(12-15-8-4-3-5-9-15)16-10-6-7-11-17(16)24(2)20(21)27/h3-11H,12-14H2,1-2H3,(H2,22,25). The fraction of sp³-hybridized carbons (Fsp3) is 0.286. The molecule has 1 heterocycles. The predicted octanol–water partition coefficient (Wildman–Crippen LogP) is 1.48. The topological polar surface area (TPSA) is 83.7 Å². The molecule has 6 nitrogen and oxygen atoms in total. The molecule has 2 aromatic rings. The lowest BCUT2D eigenvalue weighted by atomic mass is 9.73. The second-order valence-electron chi connectivity index (χ2n) is 7.02. The van der Waals surface area contributed by atoms with Gasteiger partial charge in [-0.15, -0.1) is 0 Å². The number of hydrogen-bond acceptors (Lipinski definition) is 3. The maximum atomic E-state index is 13.3. The lowest BCUT2D eigenvalue weighted by Crippen LogP contribution is -2.46. The van der Waals surface area contributed by atoms with Crippen molar-refractivity contribution in [1.82, 2.24) is 4.90 Å². The summed E-state index contributed by atoms with van der Waals surface area (Å²) in [4.78, 5) is 40.3. The highest BCUT2D eigenvalue weighted by Gasteiger charge is 2.51. The first kappa shape index (κ1) is 18.6. The van der Waals surface area contributed by atoms with Gasteiger partial charge in [-0.05, 0) is 23.6 Å². The number of carbonyl (C=O) groups is 3. The molecule has 0 bridgehead atoms. The number of amides is 3. The van der Waals surface area contributed by atoms with E-state index in [9.17, 15) is 14.4 Å². The van der Waals surface area contributed by atoms with Crippen molar-refractivity contribution in [3.63, 3.8) is 0 Å². The number of primary amides is 1. The summed E-state index contributed by atoms with van der Waals surface area (Å²) >= 11 is 0. The normalized spacial score (nSPS) is 18.3. The van der Waals surface area contributed by atoms with Crippen LogP contribution in [0.2, 0.25) is 0 Å². The number of nitrogens with zero attached hydrogens (tertiary/aromatic N) is 2.